The molecule has 1 aromatic carbocycles. The van der Waals surface area contributed by atoms with Crippen LogP contribution in [0.4, 0.5) is 10.5 Å². The van der Waals surface area contributed by atoms with E-state index in [1.165, 1.54) is 18.6 Å². The van der Waals surface area contributed by atoms with Crippen molar-refractivity contribution in [3.8, 4) is 0 Å². The number of hydrogen-bond donors (Lipinski definition) is 3. The van der Waals surface area contributed by atoms with Gasteiger partial charge in [0, 0.05) is 38.3 Å². The number of alkyl carbamates (subject to hydrolysis) is 1. The minimum Gasteiger partial charge on any atom is -0.436 e. The van der Waals surface area contributed by atoms with E-state index >= 15 is 0 Å². The fourth-order valence-electron chi connectivity index (χ4n) is 4.60. The Kier molecular flexibility index (Phi) is 10.6. The van der Waals surface area contributed by atoms with Crippen molar-refractivity contribution in [2.24, 2.45) is 5.92 Å². The van der Waals surface area contributed by atoms with Gasteiger partial charge in [0.2, 0.25) is 5.91 Å². The van der Waals surface area contributed by atoms with Gasteiger partial charge in [0.15, 0.2) is 6.10 Å². The van der Waals surface area contributed by atoms with Crippen LogP contribution in [-0.4, -0.2) is 76.2 Å². The molecule has 1 aliphatic heterocycles. The third-order valence-electron chi connectivity index (χ3n) is 6.54. The van der Waals surface area contributed by atoms with Crippen LogP contribution in [0.5, 0.6) is 0 Å². The monoisotopic (exact) mass is 538 g/mol. The van der Waals surface area contributed by atoms with E-state index in [9.17, 15) is 22.8 Å². The van der Waals surface area contributed by atoms with Crippen LogP contribution >= 0.6 is 0 Å². The number of sulfonamides is 1. The van der Waals surface area contributed by atoms with Crippen LogP contribution in [0.2, 0.25) is 0 Å². The molecule has 1 aliphatic carbocycles. The molecule has 1 heterocycles. The molecule has 1 saturated heterocycles. The number of carbonyl (C=O) groups is 3. The van der Waals surface area contributed by atoms with Crippen LogP contribution in [0.15, 0.2) is 29.2 Å². The summed E-state index contributed by atoms with van der Waals surface area (Å²) >= 11 is 0. The van der Waals surface area contributed by atoms with Gasteiger partial charge in [0.25, 0.3) is 15.9 Å². The zero-order valence-electron chi connectivity index (χ0n) is 21.5. The predicted octanol–water partition coefficient (Wildman–Crippen LogP) is 2.24. The molecule has 3 N–H and O–H groups in total. The summed E-state index contributed by atoms with van der Waals surface area (Å²) in [6, 6.07) is 5.58. The first-order valence-corrected chi connectivity index (χ1v) is 14.3. The number of nitrogens with zero attached hydrogens (tertiary/aromatic N) is 1. The van der Waals surface area contributed by atoms with Crippen LogP contribution in [-0.2, 0) is 29.1 Å². The summed E-state index contributed by atoms with van der Waals surface area (Å²) in [6.45, 7) is 5.23. The van der Waals surface area contributed by atoms with Crippen molar-refractivity contribution in [2.45, 2.75) is 69.4 Å². The molecule has 12 heteroatoms. The van der Waals surface area contributed by atoms with Crippen LogP contribution in [0, 0.1) is 5.92 Å². The lowest BCUT2D eigenvalue weighted by Gasteiger charge is -2.32. The minimum atomic E-state index is -3.90. The standard InChI is InChI=1S/C25H38N4O7S/c1-18(17-26-21-8-10-22(11-9-21)37(33,34)28-19(2)30)27-25(32)36-23(16-20-6-4-3-5-7-20)24(31)29-12-14-35-15-13-29/h8-11,18,20,23,26H,3-7,12-17H2,1-2H3,(H,27,32)(H,28,30)/t18-,23-/m0/s1. The van der Waals surface area contributed by atoms with Gasteiger partial charge < -0.3 is 25.0 Å². The molecule has 0 bridgehead atoms. The zero-order valence-corrected chi connectivity index (χ0v) is 22.3. The molecule has 0 aromatic heterocycles. The molecule has 3 amide bonds. The summed E-state index contributed by atoms with van der Waals surface area (Å²) in [7, 11) is -3.90. The number of benzene rings is 1. The van der Waals surface area contributed by atoms with E-state index in [2.05, 4.69) is 10.6 Å². The Morgan fingerprint density at radius 3 is 2.35 bits per heavy atom. The highest BCUT2D eigenvalue weighted by atomic mass is 32.2. The van der Waals surface area contributed by atoms with Gasteiger partial charge in [-0.25, -0.2) is 17.9 Å². The van der Waals surface area contributed by atoms with Crippen LogP contribution < -0.4 is 15.4 Å². The van der Waals surface area contributed by atoms with Gasteiger partial charge in [-0.05, 0) is 43.5 Å². The van der Waals surface area contributed by atoms with Crippen molar-refractivity contribution < 1.29 is 32.3 Å². The smallest absolute Gasteiger partial charge is 0.408 e. The van der Waals surface area contributed by atoms with Crippen LogP contribution in [0.3, 0.4) is 0 Å². The van der Waals surface area contributed by atoms with Gasteiger partial charge in [-0.2, -0.15) is 0 Å². The number of nitrogens with one attached hydrogen (secondary N) is 3. The first-order valence-electron chi connectivity index (χ1n) is 12.8. The van der Waals surface area contributed by atoms with E-state index in [4.69, 9.17) is 9.47 Å². The number of rotatable bonds is 10. The van der Waals surface area contributed by atoms with Gasteiger partial charge in [0.1, 0.15) is 0 Å². The van der Waals surface area contributed by atoms with Crippen LogP contribution in [0.1, 0.15) is 52.4 Å². The van der Waals surface area contributed by atoms with Crippen LogP contribution in [0.25, 0.3) is 0 Å². The lowest BCUT2D eigenvalue weighted by molar-refractivity contribution is -0.145. The van der Waals surface area contributed by atoms with E-state index in [1.54, 1.807) is 24.0 Å². The Balaban J connectivity index is 1.51. The number of morpholine rings is 1. The Labute approximate surface area is 218 Å². The molecule has 37 heavy (non-hydrogen) atoms. The molecule has 11 nitrogen and oxygen atoms in total. The number of hydrogen-bond acceptors (Lipinski definition) is 8. The summed E-state index contributed by atoms with van der Waals surface area (Å²) < 4.78 is 37.0. The van der Waals surface area contributed by atoms with Gasteiger partial charge in [-0.15, -0.1) is 0 Å². The molecule has 206 valence electrons. The normalized spacial score (nSPS) is 18.4. The maximum atomic E-state index is 13.1. The third-order valence-corrected chi connectivity index (χ3v) is 7.99. The second kappa shape index (κ2) is 13.6. The number of carbonyl (C=O) groups excluding carboxylic acids is 3. The molecular weight excluding hydrogens is 500 g/mol. The predicted molar refractivity (Wildman–Crippen MR) is 137 cm³/mol. The maximum absolute atomic E-state index is 13.1. The number of ether oxygens (including phenoxy) is 2. The van der Waals surface area contributed by atoms with E-state index in [0.717, 1.165) is 32.6 Å². The average molecular weight is 539 g/mol. The van der Waals surface area contributed by atoms with Crippen molar-refractivity contribution in [1.29, 1.82) is 0 Å². The highest BCUT2D eigenvalue weighted by molar-refractivity contribution is 7.90. The fraction of sp³-hybridized carbons (Fsp3) is 0.640. The van der Waals surface area contributed by atoms with Crippen molar-refractivity contribution >= 4 is 33.6 Å². The molecule has 0 radical (unpaired) electrons. The Bertz CT molecular complexity index is 1020. The molecule has 0 spiro atoms. The molecule has 3 rings (SSSR count). The summed E-state index contributed by atoms with van der Waals surface area (Å²) in [6.07, 6.45) is 4.64. The van der Waals surface area contributed by atoms with Gasteiger partial charge >= 0.3 is 6.09 Å². The van der Waals surface area contributed by atoms with Gasteiger partial charge in [-0.3, -0.25) is 9.59 Å². The lowest BCUT2D eigenvalue weighted by Crippen LogP contribution is -2.49. The number of anilines is 1. The topological polar surface area (TPSA) is 143 Å². The second-order valence-corrected chi connectivity index (χ2v) is 11.4. The first kappa shape index (κ1) is 28.7. The second-order valence-electron chi connectivity index (χ2n) is 9.68. The Morgan fingerprint density at radius 1 is 1.08 bits per heavy atom. The molecule has 2 fully saturated rings. The quantitative estimate of drug-likeness (QED) is 0.412. The summed E-state index contributed by atoms with van der Waals surface area (Å²) in [4.78, 5) is 38.6. The summed E-state index contributed by atoms with van der Waals surface area (Å²) in [5, 5.41) is 5.89. The van der Waals surface area contributed by atoms with Gasteiger partial charge in [-0.1, -0.05) is 32.1 Å². The van der Waals surface area contributed by atoms with Gasteiger partial charge in [0.05, 0.1) is 18.1 Å². The van der Waals surface area contributed by atoms with E-state index < -0.39 is 28.1 Å². The highest BCUT2D eigenvalue weighted by Crippen LogP contribution is 2.29. The third kappa shape index (κ3) is 9.19. The largest absolute Gasteiger partial charge is 0.436 e. The molecular formula is C25H38N4O7S. The Morgan fingerprint density at radius 2 is 1.73 bits per heavy atom. The number of amides is 3. The molecule has 2 aliphatic rings. The Hall–Kier alpha value is -2.86. The lowest BCUT2D eigenvalue weighted by atomic mass is 9.85. The van der Waals surface area contributed by atoms with Crippen molar-refractivity contribution in [3.05, 3.63) is 24.3 Å². The molecule has 2 atom stereocenters. The maximum Gasteiger partial charge on any atom is 0.408 e. The first-order chi connectivity index (χ1) is 17.6. The average Bonchev–Trinajstić information content (AvgIpc) is 2.87. The van der Waals surface area contributed by atoms with Crippen molar-refractivity contribution in [2.75, 3.05) is 38.2 Å². The van der Waals surface area contributed by atoms with E-state index in [-0.39, 0.29) is 16.8 Å². The van der Waals surface area contributed by atoms with Crippen molar-refractivity contribution in [3.63, 3.8) is 0 Å². The summed E-state index contributed by atoms with van der Waals surface area (Å²) in [5.74, 6) is -0.459. The highest BCUT2D eigenvalue weighted by Gasteiger charge is 2.32. The molecule has 1 saturated carbocycles. The zero-order chi connectivity index (χ0) is 26.8. The minimum absolute atomic E-state index is 0.0306. The van der Waals surface area contributed by atoms with E-state index in [1.807, 2.05) is 4.72 Å². The SMILES string of the molecule is CC(=O)NS(=O)(=O)c1ccc(NC[C@H](C)NC(=O)O[C@@H](CC2CCCCC2)C(=O)N2CCOCC2)cc1. The van der Waals surface area contributed by atoms with Crippen molar-refractivity contribution in [1.82, 2.24) is 14.9 Å². The fourth-order valence-corrected chi connectivity index (χ4v) is 5.59. The summed E-state index contributed by atoms with van der Waals surface area (Å²) in [5.41, 5.74) is 0.640. The van der Waals surface area contributed by atoms with E-state index in [0.29, 0.717) is 50.9 Å². The molecule has 1 aromatic rings. The molecule has 0 unspecified atom stereocenters.